The monoisotopic (exact) mass is 249 g/mol. The molecule has 0 saturated heterocycles. The third kappa shape index (κ3) is 3.55. The van der Waals surface area contributed by atoms with Crippen molar-refractivity contribution in [1.82, 2.24) is 4.90 Å². The maximum atomic E-state index is 10.4. The lowest BCUT2D eigenvalue weighted by atomic mass is 10.0. The number of hydrogen-bond acceptors (Lipinski definition) is 3. The van der Waals surface area contributed by atoms with Gasteiger partial charge in [-0.15, -0.1) is 0 Å². The van der Waals surface area contributed by atoms with Crippen molar-refractivity contribution in [1.29, 1.82) is 0 Å². The summed E-state index contributed by atoms with van der Waals surface area (Å²) in [7, 11) is 1.73. The van der Waals surface area contributed by atoms with E-state index >= 15 is 0 Å². The Kier molecular flexibility index (Phi) is 4.75. The van der Waals surface area contributed by atoms with E-state index in [1.165, 1.54) is 12.8 Å². The Hall–Kier alpha value is -0.900. The van der Waals surface area contributed by atoms with Crippen LogP contribution in [0.3, 0.4) is 0 Å². The van der Waals surface area contributed by atoms with Gasteiger partial charge in [0.1, 0.15) is 0 Å². The number of nitrogens with zero attached hydrogens (tertiary/aromatic N) is 1. The lowest BCUT2D eigenvalue weighted by Crippen LogP contribution is -2.33. The van der Waals surface area contributed by atoms with Crippen LogP contribution in [0.1, 0.15) is 30.1 Å². The summed E-state index contributed by atoms with van der Waals surface area (Å²) in [6.07, 6.45) is 2.11. The van der Waals surface area contributed by atoms with Crippen LogP contribution >= 0.6 is 0 Å². The van der Waals surface area contributed by atoms with Gasteiger partial charge in [-0.25, -0.2) is 0 Å². The molecule has 0 aliphatic heterocycles. The molecule has 0 aromatic heterocycles. The fourth-order valence-electron chi connectivity index (χ4n) is 2.35. The lowest BCUT2D eigenvalue weighted by Gasteiger charge is -2.25. The molecule has 18 heavy (non-hydrogen) atoms. The highest BCUT2D eigenvalue weighted by atomic mass is 16.5. The maximum absolute atomic E-state index is 10.4. The summed E-state index contributed by atoms with van der Waals surface area (Å²) in [5.74, 6) is 0. The standard InChI is InChI=1S/C15H23NO2/c1-12-5-3-4-6-14(12)15(17)11-16(9-10-18-2)13-7-8-13/h3-6,13,15,17H,7-11H2,1-2H3. The van der Waals surface area contributed by atoms with Gasteiger partial charge in [0.15, 0.2) is 0 Å². The minimum atomic E-state index is -0.399. The van der Waals surface area contributed by atoms with Gasteiger partial charge in [-0.05, 0) is 30.9 Å². The normalized spacial score (nSPS) is 17.1. The molecule has 0 spiro atoms. The Morgan fingerprint density at radius 3 is 2.72 bits per heavy atom. The molecular weight excluding hydrogens is 226 g/mol. The molecule has 2 rings (SSSR count). The Morgan fingerprint density at radius 2 is 2.11 bits per heavy atom. The van der Waals surface area contributed by atoms with Gasteiger partial charge in [-0.1, -0.05) is 24.3 Å². The molecule has 1 atom stereocenters. The van der Waals surface area contributed by atoms with E-state index in [4.69, 9.17) is 4.74 Å². The van der Waals surface area contributed by atoms with Gasteiger partial charge in [0.05, 0.1) is 12.7 Å². The molecule has 100 valence electrons. The quantitative estimate of drug-likeness (QED) is 0.803. The lowest BCUT2D eigenvalue weighted by molar-refractivity contribution is 0.0843. The molecule has 1 aromatic carbocycles. The molecule has 3 nitrogen and oxygen atoms in total. The molecule has 1 N–H and O–H groups in total. The minimum absolute atomic E-state index is 0.399. The zero-order chi connectivity index (χ0) is 13.0. The third-order valence-electron chi connectivity index (χ3n) is 3.60. The van der Waals surface area contributed by atoms with Crippen molar-refractivity contribution in [3.63, 3.8) is 0 Å². The third-order valence-corrected chi connectivity index (χ3v) is 3.60. The van der Waals surface area contributed by atoms with Crippen LogP contribution < -0.4 is 0 Å². The average Bonchev–Trinajstić information content (AvgIpc) is 3.19. The Morgan fingerprint density at radius 1 is 1.39 bits per heavy atom. The SMILES string of the molecule is COCCN(CC(O)c1ccccc1C)C1CC1. The zero-order valence-corrected chi connectivity index (χ0v) is 11.3. The number of aliphatic hydroxyl groups is 1. The van der Waals surface area contributed by atoms with Gasteiger partial charge in [-0.3, -0.25) is 4.90 Å². The summed E-state index contributed by atoms with van der Waals surface area (Å²) < 4.78 is 5.14. The summed E-state index contributed by atoms with van der Waals surface area (Å²) in [5, 5.41) is 10.4. The van der Waals surface area contributed by atoms with Gasteiger partial charge in [0.25, 0.3) is 0 Å². The van der Waals surface area contributed by atoms with Gasteiger partial charge in [0, 0.05) is 26.2 Å². The summed E-state index contributed by atoms with van der Waals surface area (Å²) in [4.78, 5) is 2.35. The van der Waals surface area contributed by atoms with Crippen LogP contribution in [-0.4, -0.2) is 42.9 Å². The number of rotatable bonds is 7. The van der Waals surface area contributed by atoms with Crippen LogP contribution in [0.4, 0.5) is 0 Å². The summed E-state index contributed by atoms with van der Waals surface area (Å²) in [6, 6.07) is 8.72. The first-order valence-corrected chi connectivity index (χ1v) is 6.69. The van der Waals surface area contributed by atoms with Crippen molar-refractivity contribution in [3.05, 3.63) is 35.4 Å². The predicted octanol–water partition coefficient (Wildman–Crippen LogP) is 2.14. The van der Waals surface area contributed by atoms with E-state index < -0.39 is 6.10 Å². The van der Waals surface area contributed by atoms with E-state index in [0.29, 0.717) is 12.6 Å². The molecule has 0 radical (unpaired) electrons. The molecule has 0 amide bonds. The molecule has 1 aliphatic rings. The highest BCUT2D eigenvalue weighted by molar-refractivity contribution is 5.27. The first kappa shape index (κ1) is 13.5. The number of hydrogen-bond donors (Lipinski definition) is 1. The molecule has 1 aliphatic carbocycles. The van der Waals surface area contributed by atoms with Crippen molar-refractivity contribution in [3.8, 4) is 0 Å². The van der Waals surface area contributed by atoms with Crippen molar-refractivity contribution in [2.75, 3.05) is 26.8 Å². The van der Waals surface area contributed by atoms with Crippen LogP contribution in [0.15, 0.2) is 24.3 Å². The number of aryl methyl sites for hydroxylation is 1. The van der Waals surface area contributed by atoms with Crippen molar-refractivity contribution < 1.29 is 9.84 Å². The van der Waals surface area contributed by atoms with E-state index in [2.05, 4.69) is 17.9 Å². The number of benzene rings is 1. The van der Waals surface area contributed by atoms with Crippen molar-refractivity contribution in [2.24, 2.45) is 0 Å². The highest BCUT2D eigenvalue weighted by Gasteiger charge is 2.30. The van der Waals surface area contributed by atoms with Crippen LogP contribution in [0.2, 0.25) is 0 Å². The highest BCUT2D eigenvalue weighted by Crippen LogP contribution is 2.29. The van der Waals surface area contributed by atoms with Crippen LogP contribution in [0.25, 0.3) is 0 Å². The summed E-state index contributed by atoms with van der Waals surface area (Å²) in [6.45, 7) is 4.40. The van der Waals surface area contributed by atoms with Gasteiger partial charge in [0.2, 0.25) is 0 Å². The van der Waals surface area contributed by atoms with Crippen LogP contribution in [0, 0.1) is 6.92 Å². The molecule has 1 fully saturated rings. The molecular formula is C15H23NO2. The fourth-order valence-corrected chi connectivity index (χ4v) is 2.35. The predicted molar refractivity (Wildman–Crippen MR) is 72.6 cm³/mol. The Labute approximate surface area is 109 Å². The van der Waals surface area contributed by atoms with Crippen LogP contribution in [-0.2, 0) is 4.74 Å². The Bertz CT molecular complexity index is 377. The van der Waals surface area contributed by atoms with E-state index in [9.17, 15) is 5.11 Å². The number of aliphatic hydroxyl groups excluding tert-OH is 1. The zero-order valence-electron chi connectivity index (χ0n) is 11.3. The second-order valence-electron chi connectivity index (χ2n) is 5.09. The smallest absolute Gasteiger partial charge is 0.0919 e. The first-order chi connectivity index (χ1) is 8.72. The molecule has 1 aromatic rings. The van der Waals surface area contributed by atoms with Gasteiger partial charge >= 0.3 is 0 Å². The fraction of sp³-hybridized carbons (Fsp3) is 0.600. The number of methoxy groups -OCH3 is 1. The average molecular weight is 249 g/mol. The molecule has 0 heterocycles. The van der Waals surface area contributed by atoms with Gasteiger partial charge < -0.3 is 9.84 Å². The summed E-state index contributed by atoms with van der Waals surface area (Å²) in [5.41, 5.74) is 2.20. The topological polar surface area (TPSA) is 32.7 Å². The molecule has 0 bridgehead atoms. The largest absolute Gasteiger partial charge is 0.387 e. The van der Waals surface area contributed by atoms with Gasteiger partial charge in [-0.2, -0.15) is 0 Å². The minimum Gasteiger partial charge on any atom is -0.387 e. The Balaban J connectivity index is 1.96. The van der Waals surface area contributed by atoms with E-state index in [1.54, 1.807) is 7.11 Å². The first-order valence-electron chi connectivity index (χ1n) is 6.69. The maximum Gasteiger partial charge on any atom is 0.0919 e. The van der Waals surface area contributed by atoms with Crippen molar-refractivity contribution in [2.45, 2.75) is 31.9 Å². The molecule has 1 saturated carbocycles. The van der Waals surface area contributed by atoms with Crippen LogP contribution in [0.5, 0.6) is 0 Å². The van der Waals surface area contributed by atoms with E-state index in [-0.39, 0.29) is 0 Å². The number of ether oxygens (including phenoxy) is 1. The second-order valence-corrected chi connectivity index (χ2v) is 5.09. The molecule has 1 unspecified atom stereocenters. The summed E-state index contributed by atoms with van der Waals surface area (Å²) >= 11 is 0. The molecule has 3 heteroatoms. The second kappa shape index (κ2) is 6.32. The van der Waals surface area contributed by atoms with Crippen molar-refractivity contribution >= 4 is 0 Å². The van der Waals surface area contributed by atoms with E-state index in [0.717, 1.165) is 24.3 Å². The van der Waals surface area contributed by atoms with E-state index in [1.807, 2.05) is 18.2 Å².